The molecule has 4 rings (SSSR count). The SMILES string of the molecule is CC1=Cc2ccccc2[C]1([Zr])c1cccc2ccccc12.Cl.Cl. The molecule has 115 valence electrons. The number of halogens is 2. The first kappa shape index (κ1) is 18.5. The molecule has 3 aromatic carbocycles. The molecule has 0 saturated carbocycles. The topological polar surface area (TPSA) is 0 Å². The molecular formula is C20H17Cl2Zr. The van der Waals surface area contributed by atoms with Gasteiger partial charge in [-0.05, 0) is 0 Å². The molecule has 0 bridgehead atoms. The number of rotatable bonds is 1. The van der Waals surface area contributed by atoms with Crippen LogP contribution in [0.2, 0.25) is 0 Å². The van der Waals surface area contributed by atoms with Crippen LogP contribution in [0.4, 0.5) is 0 Å². The van der Waals surface area contributed by atoms with Gasteiger partial charge in [-0.25, -0.2) is 0 Å². The Labute approximate surface area is 164 Å². The summed E-state index contributed by atoms with van der Waals surface area (Å²) in [6.07, 6.45) is 2.35. The molecule has 0 N–H and O–H groups in total. The zero-order valence-electron chi connectivity index (χ0n) is 12.7. The zero-order chi connectivity index (χ0) is 14.4. The first-order valence-electron chi connectivity index (χ1n) is 7.23. The third-order valence-electron chi connectivity index (χ3n) is 4.52. The van der Waals surface area contributed by atoms with E-state index in [-0.39, 0.29) is 27.9 Å². The fourth-order valence-corrected chi connectivity index (χ4v) is 4.70. The number of benzene rings is 3. The van der Waals surface area contributed by atoms with E-state index in [9.17, 15) is 0 Å². The molecule has 3 heteroatoms. The van der Waals surface area contributed by atoms with E-state index in [2.05, 4.69) is 79.7 Å². The summed E-state index contributed by atoms with van der Waals surface area (Å²) < 4.78 is 0.0597. The van der Waals surface area contributed by atoms with Crippen LogP contribution in [-0.2, 0) is 27.8 Å². The molecule has 0 spiro atoms. The van der Waals surface area contributed by atoms with Crippen molar-refractivity contribution in [2.24, 2.45) is 0 Å². The van der Waals surface area contributed by atoms with Crippen LogP contribution in [0.15, 0.2) is 72.3 Å². The fraction of sp³-hybridized carbons (Fsp3) is 0.100. The molecule has 0 saturated heterocycles. The van der Waals surface area contributed by atoms with Gasteiger partial charge >= 0.3 is 141 Å². The summed E-state index contributed by atoms with van der Waals surface area (Å²) >= 11 is 1.53. The molecule has 0 nitrogen and oxygen atoms in total. The summed E-state index contributed by atoms with van der Waals surface area (Å²) in [5.41, 5.74) is 5.73. The minimum absolute atomic E-state index is 0. The second-order valence-corrected chi connectivity index (χ2v) is 7.53. The van der Waals surface area contributed by atoms with Crippen molar-refractivity contribution in [2.75, 3.05) is 0 Å². The van der Waals surface area contributed by atoms with Crippen LogP contribution in [0.25, 0.3) is 16.8 Å². The molecule has 1 aliphatic carbocycles. The molecule has 0 heterocycles. The number of allylic oxidation sites excluding steroid dienone is 1. The summed E-state index contributed by atoms with van der Waals surface area (Å²) in [6, 6.07) is 24.2. The van der Waals surface area contributed by atoms with E-state index in [1.165, 1.54) is 57.8 Å². The first-order valence-corrected chi connectivity index (χ1v) is 8.46. The van der Waals surface area contributed by atoms with Crippen molar-refractivity contribution in [1.82, 2.24) is 0 Å². The van der Waals surface area contributed by atoms with Crippen LogP contribution >= 0.6 is 24.8 Å². The number of hydrogen-bond acceptors (Lipinski definition) is 0. The van der Waals surface area contributed by atoms with Gasteiger partial charge in [0.2, 0.25) is 0 Å². The van der Waals surface area contributed by atoms with Crippen LogP contribution < -0.4 is 0 Å². The van der Waals surface area contributed by atoms with Gasteiger partial charge in [-0.15, -0.1) is 24.8 Å². The standard InChI is InChI=1S/C20H15.2ClH.Zr/c1-14-13-16-8-3-5-11-18(16)20(14)19-12-6-9-15-7-2-4-10-17(15)19;;;/h2-13H,1H3;2*1H;. The van der Waals surface area contributed by atoms with Crippen molar-refractivity contribution in [3.8, 4) is 0 Å². The zero-order valence-corrected chi connectivity index (χ0v) is 16.8. The normalized spacial score (nSPS) is 18.5. The largest absolute Gasteiger partial charge is 0.147 e. The predicted octanol–water partition coefficient (Wildman–Crippen LogP) is 5.89. The average molecular weight is 419 g/mol. The monoisotopic (exact) mass is 417 g/mol. The van der Waals surface area contributed by atoms with E-state index in [4.69, 9.17) is 0 Å². The molecule has 23 heavy (non-hydrogen) atoms. The molecule has 1 unspecified atom stereocenters. The number of fused-ring (bicyclic) bond motifs is 2. The Kier molecular flexibility index (Phi) is 5.57. The number of hydrogen-bond donors (Lipinski definition) is 0. The maximum atomic E-state index is 2.35. The summed E-state index contributed by atoms with van der Waals surface area (Å²) in [7, 11) is 0. The second-order valence-electron chi connectivity index (χ2n) is 5.69. The fourth-order valence-electron chi connectivity index (χ4n) is 3.43. The summed E-state index contributed by atoms with van der Waals surface area (Å²) in [6.45, 7) is 2.27. The first-order chi connectivity index (χ1) is 10.2. The maximum Gasteiger partial charge on any atom is -0.147 e. The van der Waals surface area contributed by atoms with Crippen molar-refractivity contribution < 1.29 is 24.7 Å². The van der Waals surface area contributed by atoms with Gasteiger partial charge in [0.1, 0.15) is 0 Å². The van der Waals surface area contributed by atoms with Gasteiger partial charge in [0.15, 0.2) is 0 Å². The van der Waals surface area contributed by atoms with Gasteiger partial charge in [0.05, 0.1) is 0 Å². The van der Waals surface area contributed by atoms with E-state index < -0.39 is 0 Å². The molecular weight excluding hydrogens is 402 g/mol. The molecule has 1 atom stereocenters. The Morgan fingerprint density at radius 1 is 0.739 bits per heavy atom. The van der Waals surface area contributed by atoms with Crippen molar-refractivity contribution in [3.05, 3.63) is 89.0 Å². The third kappa shape index (κ3) is 2.74. The smallest absolute Gasteiger partial charge is 0.147 e. The molecule has 0 fully saturated rings. The molecule has 3 aromatic rings. The predicted molar refractivity (Wildman–Crippen MR) is 99.3 cm³/mol. The van der Waals surface area contributed by atoms with Crippen LogP contribution in [0.3, 0.4) is 0 Å². The van der Waals surface area contributed by atoms with Crippen molar-refractivity contribution in [1.29, 1.82) is 0 Å². The van der Waals surface area contributed by atoms with E-state index >= 15 is 0 Å². The Morgan fingerprint density at radius 2 is 1.35 bits per heavy atom. The molecule has 1 aliphatic rings. The summed E-state index contributed by atoms with van der Waals surface area (Å²) in [5.74, 6) is 0. The minimum Gasteiger partial charge on any atom is -0.147 e. The Balaban J connectivity index is 0.000000960. The van der Waals surface area contributed by atoms with Crippen LogP contribution in [0, 0.1) is 0 Å². The van der Waals surface area contributed by atoms with E-state index in [1.54, 1.807) is 0 Å². The van der Waals surface area contributed by atoms with Gasteiger partial charge in [-0.2, -0.15) is 0 Å². The molecule has 0 amide bonds. The van der Waals surface area contributed by atoms with Gasteiger partial charge in [-0.1, -0.05) is 0 Å². The van der Waals surface area contributed by atoms with Gasteiger partial charge in [0, 0.05) is 0 Å². The quantitative estimate of drug-likeness (QED) is 0.461. The molecule has 0 radical (unpaired) electrons. The summed E-state index contributed by atoms with van der Waals surface area (Å²) in [4.78, 5) is 0. The van der Waals surface area contributed by atoms with Crippen LogP contribution in [0.5, 0.6) is 0 Å². The van der Waals surface area contributed by atoms with Gasteiger partial charge < -0.3 is 0 Å². The third-order valence-corrected chi connectivity index (χ3v) is 6.82. The van der Waals surface area contributed by atoms with Crippen LogP contribution in [-0.4, -0.2) is 0 Å². The summed E-state index contributed by atoms with van der Waals surface area (Å²) in [5, 5.41) is 2.70. The Morgan fingerprint density at radius 3 is 2.17 bits per heavy atom. The molecule has 0 aliphatic heterocycles. The second kappa shape index (κ2) is 6.93. The van der Waals surface area contributed by atoms with E-state index in [0.29, 0.717) is 0 Å². The Bertz CT molecular complexity index is 880. The average Bonchev–Trinajstić information content (AvgIpc) is 2.79. The van der Waals surface area contributed by atoms with Crippen molar-refractivity contribution in [2.45, 2.75) is 10.0 Å². The van der Waals surface area contributed by atoms with Gasteiger partial charge in [-0.3, -0.25) is 0 Å². The minimum atomic E-state index is 0. The van der Waals surface area contributed by atoms with Gasteiger partial charge in [0.25, 0.3) is 0 Å². The Hall–Kier alpha value is -0.877. The van der Waals surface area contributed by atoms with E-state index in [0.717, 1.165) is 0 Å². The maximum absolute atomic E-state index is 2.35. The van der Waals surface area contributed by atoms with Crippen LogP contribution in [0.1, 0.15) is 23.6 Å². The van der Waals surface area contributed by atoms with Crippen molar-refractivity contribution >= 4 is 41.7 Å². The molecule has 0 aromatic heterocycles. The van der Waals surface area contributed by atoms with E-state index in [1.807, 2.05) is 0 Å². The van der Waals surface area contributed by atoms with Crippen molar-refractivity contribution in [3.63, 3.8) is 0 Å².